The van der Waals surface area contributed by atoms with Gasteiger partial charge in [0.15, 0.2) is 0 Å². The second kappa shape index (κ2) is 6.15. The van der Waals surface area contributed by atoms with Crippen molar-refractivity contribution in [3.8, 4) is 11.8 Å². The number of primary amides is 1. The molecule has 0 aromatic carbocycles. The molecule has 2 N–H and O–H groups in total. The largest absolute Gasteiger partial charge is 0.359 e. The fraction of sp³-hybridized carbons (Fsp3) is 0.625. The van der Waals surface area contributed by atoms with E-state index in [1.54, 1.807) is 0 Å². The molecular weight excluding hydrogens is 126 g/mol. The van der Waals surface area contributed by atoms with Crippen LogP contribution in [0.25, 0.3) is 0 Å². The van der Waals surface area contributed by atoms with Crippen molar-refractivity contribution in [3.63, 3.8) is 0 Å². The maximum atomic E-state index is 10.1. The van der Waals surface area contributed by atoms with Crippen LogP contribution in [0.1, 0.15) is 32.6 Å². The second-order valence-corrected chi connectivity index (χ2v) is 2.12. The molecule has 0 aliphatic heterocycles. The minimum atomic E-state index is -0.531. The lowest BCUT2D eigenvalue weighted by Crippen LogP contribution is -2.05. The van der Waals surface area contributed by atoms with E-state index in [-0.39, 0.29) is 0 Å². The molecule has 0 rings (SSSR count). The minimum Gasteiger partial charge on any atom is -0.359 e. The molecule has 0 aliphatic carbocycles. The summed E-state index contributed by atoms with van der Waals surface area (Å²) in [5.74, 6) is 4.46. The Bertz CT molecular complexity index is 152. The maximum Gasteiger partial charge on any atom is 0.293 e. The average molecular weight is 139 g/mol. The zero-order valence-corrected chi connectivity index (χ0v) is 6.31. The van der Waals surface area contributed by atoms with Crippen LogP contribution in [-0.4, -0.2) is 5.91 Å². The highest BCUT2D eigenvalue weighted by Crippen LogP contribution is 1.96. The van der Waals surface area contributed by atoms with Crippen LogP contribution in [0.5, 0.6) is 0 Å². The van der Waals surface area contributed by atoms with Crippen molar-refractivity contribution in [1.82, 2.24) is 0 Å². The predicted octanol–water partition coefficient (Wildman–Crippen LogP) is 1.06. The topological polar surface area (TPSA) is 43.1 Å². The van der Waals surface area contributed by atoms with E-state index in [4.69, 9.17) is 5.73 Å². The standard InChI is InChI=1S/C8H13NO/c1-2-3-4-5-6-7-8(9)10/h2-5H2,1H3,(H2,9,10). The van der Waals surface area contributed by atoms with E-state index in [1.165, 1.54) is 12.8 Å². The SMILES string of the molecule is CCCCCC#CC(N)=O. The zero-order valence-electron chi connectivity index (χ0n) is 6.31. The number of carbonyl (C=O) groups is 1. The first-order valence-corrected chi connectivity index (χ1v) is 3.55. The van der Waals surface area contributed by atoms with Crippen LogP contribution in [-0.2, 0) is 4.79 Å². The third-order valence-corrected chi connectivity index (χ3v) is 1.12. The lowest BCUT2D eigenvalue weighted by Gasteiger charge is -1.87. The highest BCUT2D eigenvalue weighted by atomic mass is 16.1. The number of amides is 1. The van der Waals surface area contributed by atoms with E-state index in [0.29, 0.717) is 0 Å². The molecule has 2 nitrogen and oxygen atoms in total. The van der Waals surface area contributed by atoms with E-state index in [2.05, 4.69) is 18.8 Å². The summed E-state index contributed by atoms with van der Waals surface area (Å²) >= 11 is 0. The third-order valence-electron chi connectivity index (χ3n) is 1.12. The van der Waals surface area contributed by atoms with Crippen molar-refractivity contribution in [3.05, 3.63) is 0 Å². The summed E-state index contributed by atoms with van der Waals surface area (Å²) in [6.07, 6.45) is 4.21. The summed E-state index contributed by atoms with van der Waals surface area (Å²) < 4.78 is 0. The molecule has 0 aromatic rings. The van der Waals surface area contributed by atoms with Crippen LogP contribution in [0.2, 0.25) is 0 Å². The van der Waals surface area contributed by atoms with Crippen molar-refractivity contribution in [2.24, 2.45) is 5.73 Å². The van der Waals surface area contributed by atoms with Gasteiger partial charge < -0.3 is 5.73 Å². The number of nitrogens with two attached hydrogens (primary N) is 1. The fourth-order valence-electron chi connectivity index (χ4n) is 0.613. The Balaban J connectivity index is 3.20. The summed E-state index contributed by atoms with van der Waals surface area (Å²) in [7, 11) is 0. The Morgan fingerprint density at radius 2 is 2.20 bits per heavy atom. The van der Waals surface area contributed by atoms with Gasteiger partial charge in [0.2, 0.25) is 0 Å². The van der Waals surface area contributed by atoms with E-state index in [1.807, 2.05) is 0 Å². The van der Waals surface area contributed by atoms with E-state index < -0.39 is 5.91 Å². The molecule has 0 heterocycles. The fourth-order valence-corrected chi connectivity index (χ4v) is 0.613. The van der Waals surface area contributed by atoms with Gasteiger partial charge in [-0.15, -0.1) is 0 Å². The number of carbonyl (C=O) groups excluding carboxylic acids is 1. The maximum absolute atomic E-state index is 10.1. The van der Waals surface area contributed by atoms with Gasteiger partial charge in [0, 0.05) is 6.42 Å². The highest BCUT2D eigenvalue weighted by molar-refractivity contribution is 5.91. The Labute approximate surface area is 61.8 Å². The molecule has 0 bridgehead atoms. The minimum absolute atomic E-state index is 0.531. The summed E-state index contributed by atoms with van der Waals surface area (Å²) in [4.78, 5) is 10.1. The Morgan fingerprint density at radius 3 is 2.70 bits per heavy atom. The number of hydrogen-bond acceptors (Lipinski definition) is 1. The van der Waals surface area contributed by atoms with E-state index >= 15 is 0 Å². The van der Waals surface area contributed by atoms with Crippen molar-refractivity contribution in [2.45, 2.75) is 32.6 Å². The number of hydrogen-bond donors (Lipinski definition) is 1. The highest BCUT2D eigenvalue weighted by Gasteiger charge is 1.82. The Kier molecular flexibility index (Phi) is 5.56. The first kappa shape index (κ1) is 9.03. The quantitative estimate of drug-likeness (QED) is 0.461. The molecule has 0 atom stereocenters. The van der Waals surface area contributed by atoms with Gasteiger partial charge in [-0.2, -0.15) is 0 Å². The molecule has 0 spiro atoms. The molecule has 0 unspecified atom stereocenters. The van der Waals surface area contributed by atoms with Gasteiger partial charge in [0.25, 0.3) is 5.91 Å². The molecule has 0 fully saturated rings. The van der Waals surface area contributed by atoms with Crippen LogP contribution in [0.15, 0.2) is 0 Å². The molecule has 0 saturated carbocycles. The van der Waals surface area contributed by atoms with E-state index in [9.17, 15) is 4.79 Å². The van der Waals surface area contributed by atoms with Crippen LogP contribution >= 0.6 is 0 Å². The molecular formula is C8H13NO. The molecule has 0 aliphatic rings. The Morgan fingerprint density at radius 1 is 1.50 bits per heavy atom. The van der Waals surface area contributed by atoms with Gasteiger partial charge >= 0.3 is 0 Å². The second-order valence-electron chi connectivity index (χ2n) is 2.12. The third kappa shape index (κ3) is 7.03. The van der Waals surface area contributed by atoms with Gasteiger partial charge in [0.05, 0.1) is 0 Å². The molecule has 0 saturated heterocycles. The van der Waals surface area contributed by atoms with Crippen molar-refractivity contribution < 1.29 is 4.79 Å². The van der Waals surface area contributed by atoms with Crippen LogP contribution in [0.4, 0.5) is 0 Å². The average Bonchev–Trinajstić information content (AvgIpc) is 1.87. The monoisotopic (exact) mass is 139 g/mol. The van der Waals surface area contributed by atoms with Crippen LogP contribution < -0.4 is 5.73 Å². The molecule has 56 valence electrons. The smallest absolute Gasteiger partial charge is 0.293 e. The molecule has 2 heteroatoms. The number of unbranched alkanes of at least 4 members (excludes halogenated alkanes) is 3. The van der Waals surface area contributed by atoms with Crippen molar-refractivity contribution in [1.29, 1.82) is 0 Å². The lowest BCUT2D eigenvalue weighted by atomic mass is 10.2. The Hall–Kier alpha value is -0.970. The van der Waals surface area contributed by atoms with Crippen LogP contribution in [0, 0.1) is 11.8 Å². The summed E-state index contributed by atoms with van der Waals surface area (Å²) in [5.41, 5.74) is 4.79. The van der Waals surface area contributed by atoms with E-state index in [0.717, 1.165) is 12.8 Å². The van der Waals surface area contributed by atoms with Gasteiger partial charge in [-0.1, -0.05) is 25.7 Å². The number of rotatable bonds is 3. The summed E-state index contributed by atoms with van der Waals surface area (Å²) in [6.45, 7) is 2.13. The summed E-state index contributed by atoms with van der Waals surface area (Å²) in [6, 6.07) is 0. The van der Waals surface area contributed by atoms with Crippen molar-refractivity contribution >= 4 is 5.91 Å². The van der Waals surface area contributed by atoms with Gasteiger partial charge in [-0.3, -0.25) is 4.79 Å². The van der Waals surface area contributed by atoms with Gasteiger partial charge in [0.1, 0.15) is 0 Å². The summed E-state index contributed by atoms with van der Waals surface area (Å²) in [5, 5.41) is 0. The lowest BCUT2D eigenvalue weighted by molar-refractivity contribution is -0.112. The first-order chi connectivity index (χ1) is 4.77. The molecule has 1 amide bonds. The molecule has 0 radical (unpaired) electrons. The van der Waals surface area contributed by atoms with Gasteiger partial charge in [-0.05, 0) is 12.3 Å². The van der Waals surface area contributed by atoms with Crippen LogP contribution in [0.3, 0.4) is 0 Å². The van der Waals surface area contributed by atoms with Gasteiger partial charge in [-0.25, -0.2) is 0 Å². The first-order valence-electron chi connectivity index (χ1n) is 3.55. The predicted molar refractivity (Wildman–Crippen MR) is 41.1 cm³/mol. The molecule has 10 heavy (non-hydrogen) atoms. The normalized spacial score (nSPS) is 8.10. The van der Waals surface area contributed by atoms with Crippen molar-refractivity contribution in [2.75, 3.05) is 0 Å². The zero-order chi connectivity index (χ0) is 7.82. The molecule has 0 aromatic heterocycles.